The molecule has 2 N–H and O–H groups in total. The summed E-state index contributed by atoms with van der Waals surface area (Å²) < 4.78 is 5.88. The zero-order valence-corrected chi connectivity index (χ0v) is 13.9. The van der Waals surface area contributed by atoms with E-state index in [1.54, 1.807) is 0 Å². The molecule has 0 bridgehead atoms. The van der Waals surface area contributed by atoms with E-state index >= 15 is 0 Å². The molecule has 1 saturated heterocycles. The molecule has 2 aromatic rings. The predicted molar refractivity (Wildman–Crippen MR) is 95.1 cm³/mol. The minimum atomic E-state index is 0.00548. The Hall–Kier alpha value is -2.85. The van der Waals surface area contributed by atoms with Crippen molar-refractivity contribution in [3.63, 3.8) is 0 Å². The molecule has 0 aliphatic carbocycles. The van der Waals surface area contributed by atoms with E-state index in [0.717, 1.165) is 42.9 Å². The molecule has 1 fully saturated rings. The molecule has 7 heteroatoms. The number of fused-ring (bicyclic) bond motifs is 1. The highest BCUT2D eigenvalue weighted by Crippen LogP contribution is 2.37. The highest BCUT2D eigenvalue weighted by atomic mass is 16.5. The van der Waals surface area contributed by atoms with Crippen LogP contribution in [0.5, 0.6) is 0 Å². The molecular formula is C18H20N6O. The van der Waals surface area contributed by atoms with Crippen LogP contribution in [0.25, 0.3) is 0 Å². The van der Waals surface area contributed by atoms with Gasteiger partial charge in [0.15, 0.2) is 11.6 Å². The molecule has 4 rings (SSSR count). The summed E-state index contributed by atoms with van der Waals surface area (Å²) in [5, 5.41) is 16.0. The summed E-state index contributed by atoms with van der Waals surface area (Å²) >= 11 is 0. The van der Waals surface area contributed by atoms with Crippen LogP contribution in [0.2, 0.25) is 0 Å². The van der Waals surface area contributed by atoms with Crippen molar-refractivity contribution >= 4 is 17.3 Å². The number of nitrogens with one attached hydrogen (secondary N) is 2. The van der Waals surface area contributed by atoms with Crippen molar-refractivity contribution in [3.8, 4) is 6.07 Å². The van der Waals surface area contributed by atoms with Crippen LogP contribution < -0.4 is 15.5 Å². The summed E-state index contributed by atoms with van der Waals surface area (Å²) in [5.41, 5.74) is 1.99. The number of nitrogens with zero attached hydrogens (tertiary/aromatic N) is 4. The minimum Gasteiger partial charge on any atom is -0.364 e. The van der Waals surface area contributed by atoms with E-state index < -0.39 is 0 Å². The van der Waals surface area contributed by atoms with E-state index in [1.807, 2.05) is 18.2 Å². The quantitative estimate of drug-likeness (QED) is 0.887. The Morgan fingerprint density at radius 2 is 2.16 bits per heavy atom. The summed E-state index contributed by atoms with van der Waals surface area (Å²) in [4.78, 5) is 10.8. The fraction of sp³-hybridized carbons (Fsp3) is 0.389. The van der Waals surface area contributed by atoms with Crippen molar-refractivity contribution in [1.29, 1.82) is 5.26 Å². The Morgan fingerprint density at radius 1 is 1.28 bits per heavy atom. The molecule has 2 aliphatic heterocycles. The number of hydrogen-bond acceptors (Lipinski definition) is 7. The smallest absolute Gasteiger partial charge is 0.236 e. The number of benzene rings is 1. The number of anilines is 3. The topological polar surface area (TPSA) is 86.1 Å². The number of ether oxygens (including phenoxy) is 1. The van der Waals surface area contributed by atoms with Gasteiger partial charge in [0.1, 0.15) is 18.0 Å². The maximum absolute atomic E-state index is 9.30. The molecule has 128 valence electrons. The minimum absolute atomic E-state index is 0.00548. The fourth-order valence-electron chi connectivity index (χ4n) is 3.23. The highest BCUT2D eigenvalue weighted by molar-refractivity contribution is 5.82. The van der Waals surface area contributed by atoms with Crippen molar-refractivity contribution < 1.29 is 4.74 Å². The van der Waals surface area contributed by atoms with Gasteiger partial charge in [-0.2, -0.15) is 15.2 Å². The van der Waals surface area contributed by atoms with Gasteiger partial charge in [-0.1, -0.05) is 30.3 Å². The Labute approximate surface area is 146 Å². The third-order valence-corrected chi connectivity index (χ3v) is 4.49. The second-order valence-corrected chi connectivity index (χ2v) is 6.17. The van der Waals surface area contributed by atoms with Crippen LogP contribution >= 0.6 is 0 Å². The monoisotopic (exact) mass is 336 g/mol. The van der Waals surface area contributed by atoms with Crippen LogP contribution in [-0.2, 0) is 11.3 Å². The summed E-state index contributed by atoms with van der Waals surface area (Å²) in [5.74, 6) is 1.57. The summed E-state index contributed by atoms with van der Waals surface area (Å²) in [6.45, 7) is 2.02. The van der Waals surface area contributed by atoms with E-state index in [2.05, 4.69) is 43.7 Å². The van der Waals surface area contributed by atoms with Gasteiger partial charge < -0.3 is 20.3 Å². The maximum atomic E-state index is 9.30. The van der Waals surface area contributed by atoms with Crippen LogP contribution in [-0.4, -0.2) is 29.5 Å². The Kier molecular flexibility index (Phi) is 4.36. The SMILES string of the molecule is N#Cc1nc(NCc2ccccc2)c2c(n1)N(C1CCCCO1)CN2. The van der Waals surface area contributed by atoms with E-state index in [-0.39, 0.29) is 12.1 Å². The van der Waals surface area contributed by atoms with Gasteiger partial charge in [-0.25, -0.2) is 0 Å². The van der Waals surface area contributed by atoms with Gasteiger partial charge in [0.2, 0.25) is 5.82 Å². The van der Waals surface area contributed by atoms with Crippen molar-refractivity contribution in [2.75, 3.05) is 28.8 Å². The summed E-state index contributed by atoms with van der Waals surface area (Å²) in [7, 11) is 0. The molecule has 0 spiro atoms. The molecular weight excluding hydrogens is 316 g/mol. The first-order valence-corrected chi connectivity index (χ1v) is 8.57. The number of rotatable bonds is 4. The third-order valence-electron chi connectivity index (χ3n) is 4.49. The molecule has 0 amide bonds. The second kappa shape index (κ2) is 6.95. The molecule has 1 unspecified atom stereocenters. The normalized spacial score (nSPS) is 19.0. The Bertz CT molecular complexity index is 782. The number of nitriles is 1. The molecule has 1 aromatic carbocycles. The summed E-state index contributed by atoms with van der Waals surface area (Å²) in [6.07, 6.45) is 3.22. The zero-order chi connectivity index (χ0) is 17.1. The van der Waals surface area contributed by atoms with Gasteiger partial charge in [0, 0.05) is 13.2 Å². The van der Waals surface area contributed by atoms with Gasteiger partial charge in [0.25, 0.3) is 0 Å². The van der Waals surface area contributed by atoms with Gasteiger partial charge >= 0.3 is 0 Å². The molecule has 3 heterocycles. The lowest BCUT2D eigenvalue weighted by Crippen LogP contribution is -2.39. The molecule has 25 heavy (non-hydrogen) atoms. The molecule has 0 saturated carbocycles. The fourth-order valence-corrected chi connectivity index (χ4v) is 3.23. The van der Waals surface area contributed by atoms with E-state index in [1.165, 1.54) is 0 Å². The average Bonchev–Trinajstić information content (AvgIpc) is 3.11. The molecule has 1 atom stereocenters. The zero-order valence-electron chi connectivity index (χ0n) is 13.9. The van der Waals surface area contributed by atoms with Crippen LogP contribution in [0.3, 0.4) is 0 Å². The molecule has 2 aliphatic rings. The standard InChI is InChI=1S/C18H20N6O/c19-10-14-22-17(20-11-13-6-2-1-3-7-13)16-18(23-14)24(12-21-16)15-8-4-5-9-25-15/h1-3,6-7,15,21H,4-5,8-9,11-12H2,(H,20,22,23). The Morgan fingerprint density at radius 3 is 2.92 bits per heavy atom. The van der Waals surface area contributed by atoms with Crippen LogP contribution in [0.4, 0.5) is 17.3 Å². The average molecular weight is 336 g/mol. The lowest BCUT2D eigenvalue weighted by atomic mass is 10.2. The second-order valence-electron chi connectivity index (χ2n) is 6.17. The molecule has 0 radical (unpaired) electrons. The molecule has 7 nitrogen and oxygen atoms in total. The maximum Gasteiger partial charge on any atom is 0.236 e. The van der Waals surface area contributed by atoms with Crippen molar-refractivity contribution in [3.05, 3.63) is 41.7 Å². The van der Waals surface area contributed by atoms with E-state index in [9.17, 15) is 5.26 Å². The lowest BCUT2D eigenvalue weighted by molar-refractivity contribution is 0.0155. The Balaban J connectivity index is 1.60. The van der Waals surface area contributed by atoms with Crippen molar-refractivity contribution in [1.82, 2.24) is 9.97 Å². The van der Waals surface area contributed by atoms with Gasteiger partial charge in [-0.3, -0.25) is 0 Å². The lowest BCUT2D eigenvalue weighted by Gasteiger charge is -2.31. The van der Waals surface area contributed by atoms with Crippen LogP contribution in [0, 0.1) is 11.3 Å². The number of aromatic nitrogens is 2. The van der Waals surface area contributed by atoms with Crippen LogP contribution in [0.1, 0.15) is 30.7 Å². The first-order chi connectivity index (χ1) is 12.3. The van der Waals surface area contributed by atoms with E-state index in [4.69, 9.17) is 4.74 Å². The van der Waals surface area contributed by atoms with Gasteiger partial charge in [-0.15, -0.1) is 0 Å². The van der Waals surface area contributed by atoms with Gasteiger partial charge in [0.05, 0.1) is 6.67 Å². The first-order valence-electron chi connectivity index (χ1n) is 8.57. The summed E-state index contributed by atoms with van der Waals surface area (Å²) in [6, 6.07) is 12.2. The van der Waals surface area contributed by atoms with Gasteiger partial charge in [-0.05, 0) is 24.8 Å². The first kappa shape index (κ1) is 15.7. The van der Waals surface area contributed by atoms with Crippen molar-refractivity contribution in [2.45, 2.75) is 32.0 Å². The molecule has 1 aromatic heterocycles. The number of hydrogen-bond donors (Lipinski definition) is 2. The predicted octanol–water partition coefficient (Wildman–Crippen LogP) is 2.68. The van der Waals surface area contributed by atoms with E-state index in [0.29, 0.717) is 19.0 Å². The van der Waals surface area contributed by atoms with Crippen molar-refractivity contribution in [2.24, 2.45) is 0 Å². The van der Waals surface area contributed by atoms with Crippen LogP contribution in [0.15, 0.2) is 30.3 Å². The highest BCUT2D eigenvalue weighted by Gasteiger charge is 2.32. The third kappa shape index (κ3) is 3.21. The largest absolute Gasteiger partial charge is 0.364 e.